The summed E-state index contributed by atoms with van der Waals surface area (Å²) in [5.41, 5.74) is 1.22. The maximum absolute atomic E-state index is 4.56. The summed E-state index contributed by atoms with van der Waals surface area (Å²) < 4.78 is 5.04. The molecule has 0 saturated carbocycles. The van der Waals surface area contributed by atoms with Crippen LogP contribution in [0.3, 0.4) is 0 Å². The van der Waals surface area contributed by atoms with Crippen molar-refractivity contribution in [2.75, 3.05) is 26.2 Å². The first-order chi connectivity index (χ1) is 8.28. The number of aromatic nitrogens is 1. The van der Waals surface area contributed by atoms with Crippen LogP contribution in [0.25, 0.3) is 0 Å². The summed E-state index contributed by atoms with van der Waals surface area (Å²) >= 11 is 0. The Morgan fingerprint density at radius 3 is 1.82 bits per heavy atom. The average molecular weight is 253 g/mol. The van der Waals surface area contributed by atoms with Crippen molar-refractivity contribution in [1.82, 2.24) is 14.3 Å². The first-order valence-corrected chi connectivity index (χ1v) is 7.73. The number of hydrogen-bond acceptors (Lipinski definition) is 3. The Morgan fingerprint density at radius 1 is 0.941 bits per heavy atom. The van der Waals surface area contributed by atoms with Gasteiger partial charge in [-0.05, 0) is 12.1 Å². The number of pyridine rings is 1. The lowest BCUT2D eigenvalue weighted by atomic mass is 10.5. The fourth-order valence-corrected chi connectivity index (χ4v) is 4.32. The van der Waals surface area contributed by atoms with E-state index in [4.69, 9.17) is 0 Å². The Labute approximate surface area is 107 Å². The third-order valence-electron chi connectivity index (χ3n) is 2.85. The normalized spacial score (nSPS) is 11.7. The Hall–Kier alpha value is -0.500. The summed E-state index contributed by atoms with van der Waals surface area (Å²) in [5, 5.41) is 0. The summed E-state index contributed by atoms with van der Waals surface area (Å²) in [7, 11) is -0.427. The molecule has 0 aliphatic rings. The molecule has 0 N–H and O–H groups in total. The maximum atomic E-state index is 4.56. The molecule has 4 heteroatoms. The molecule has 1 aromatic rings. The van der Waals surface area contributed by atoms with Crippen molar-refractivity contribution in [1.29, 1.82) is 0 Å². The molecule has 0 aliphatic carbocycles. The van der Waals surface area contributed by atoms with Crippen molar-refractivity contribution >= 4 is 13.7 Å². The summed E-state index contributed by atoms with van der Waals surface area (Å²) in [6.45, 7) is 13.2. The van der Waals surface area contributed by atoms with Crippen LogP contribution in [-0.4, -0.2) is 40.5 Å². The highest BCUT2D eigenvalue weighted by atomic mass is 31.1. The first-order valence-electron chi connectivity index (χ1n) is 6.49. The SMILES string of the molecule is CCN(CC)P(c1ccccn1)N(CC)CC. The molecule has 0 spiro atoms. The Balaban J connectivity index is 3.01. The van der Waals surface area contributed by atoms with Crippen LogP contribution < -0.4 is 5.44 Å². The van der Waals surface area contributed by atoms with Gasteiger partial charge in [-0.1, -0.05) is 33.8 Å². The van der Waals surface area contributed by atoms with E-state index in [0.29, 0.717) is 0 Å². The van der Waals surface area contributed by atoms with Crippen LogP contribution in [0.2, 0.25) is 0 Å². The third-order valence-corrected chi connectivity index (χ3v) is 5.73. The minimum absolute atomic E-state index is 0.427. The van der Waals surface area contributed by atoms with Gasteiger partial charge in [0.2, 0.25) is 0 Å². The maximum Gasteiger partial charge on any atom is 0.0937 e. The van der Waals surface area contributed by atoms with Crippen molar-refractivity contribution in [3.05, 3.63) is 24.4 Å². The van der Waals surface area contributed by atoms with Gasteiger partial charge in [-0.3, -0.25) is 14.3 Å². The largest absolute Gasteiger partial charge is 0.266 e. The van der Waals surface area contributed by atoms with Gasteiger partial charge in [0.15, 0.2) is 0 Å². The van der Waals surface area contributed by atoms with E-state index in [-0.39, 0.29) is 0 Å². The molecule has 0 aromatic carbocycles. The van der Waals surface area contributed by atoms with E-state index in [0.717, 1.165) is 26.2 Å². The van der Waals surface area contributed by atoms with E-state index in [2.05, 4.69) is 54.2 Å². The second-order valence-corrected chi connectivity index (χ2v) is 5.92. The van der Waals surface area contributed by atoms with Gasteiger partial charge >= 0.3 is 0 Å². The summed E-state index contributed by atoms with van der Waals surface area (Å²) in [6, 6.07) is 6.23. The Bertz CT molecular complexity index is 285. The van der Waals surface area contributed by atoms with E-state index >= 15 is 0 Å². The van der Waals surface area contributed by atoms with E-state index in [1.807, 2.05) is 12.3 Å². The van der Waals surface area contributed by atoms with Gasteiger partial charge in [0.05, 0.1) is 13.7 Å². The average Bonchev–Trinajstić information content (AvgIpc) is 2.40. The lowest BCUT2D eigenvalue weighted by molar-refractivity contribution is 0.429. The standard InChI is InChI=1S/C13H24N3P/c1-5-15(6-2)17(16(7-3)8-4)13-11-9-10-12-14-13/h9-12H,5-8H2,1-4H3. The van der Waals surface area contributed by atoms with Crippen molar-refractivity contribution < 1.29 is 0 Å². The van der Waals surface area contributed by atoms with E-state index in [9.17, 15) is 0 Å². The molecule has 0 unspecified atom stereocenters. The molecule has 96 valence electrons. The predicted molar refractivity (Wildman–Crippen MR) is 76.6 cm³/mol. The monoisotopic (exact) mass is 253 g/mol. The molecular formula is C13H24N3P. The summed E-state index contributed by atoms with van der Waals surface area (Å²) in [4.78, 5) is 4.56. The molecular weight excluding hydrogens is 229 g/mol. The highest BCUT2D eigenvalue weighted by Gasteiger charge is 2.24. The van der Waals surface area contributed by atoms with Crippen molar-refractivity contribution in [2.45, 2.75) is 27.7 Å². The molecule has 0 fully saturated rings. The highest BCUT2D eigenvalue weighted by Crippen LogP contribution is 2.41. The van der Waals surface area contributed by atoms with E-state index in [1.54, 1.807) is 0 Å². The summed E-state index contributed by atoms with van der Waals surface area (Å²) in [5.74, 6) is 0. The minimum atomic E-state index is -0.427. The molecule has 3 nitrogen and oxygen atoms in total. The molecule has 0 aliphatic heterocycles. The molecule has 0 saturated heterocycles. The van der Waals surface area contributed by atoms with Gasteiger partial charge in [0.25, 0.3) is 0 Å². The van der Waals surface area contributed by atoms with Crippen molar-refractivity contribution in [3.63, 3.8) is 0 Å². The van der Waals surface area contributed by atoms with Crippen LogP contribution in [0.5, 0.6) is 0 Å². The van der Waals surface area contributed by atoms with Crippen LogP contribution in [0, 0.1) is 0 Å². The van der Waals surface area contributed by atoms with E-state index in [1.165, 1.54) is 5.44 Å². The first kappa shape index (κ1) is 14.6. The van der Waals surface area contributed by atoms with Gasteiger partial charge < -0.3 is 0 Å². The lowest BCUT2D eigenvalue weighted by Crippen LogP contribution is -2.34. The predicted octanol–water partition coefficient (Wildman–Crippen LogP) is 2.70. The highest BCUT2D eigenvalue weighted by molar-refractivity contribution is 7.60. The topological polar surface area (TPSA) is 19.4 Å². The fourth-order valence-electron chi connectivity index (χ4n) is 1.92. The molecule has 0 radical (unpaired) electrons. The van der Waals surface area contributed by atoms with Crippen LogP contribution in [0.1, 0.15) is 27.7 Å². The molecule has 0 bridgehead atoms. The molecule has 1 aromatic heterocycles. The lowest BCUT2D eigenvalue weighted by Gasteiger charge is -2.36. The van der Waals surface area contributed by atoms with Gasteiger partial charge in [0.1, 0.15) is 0 Å². The molecule has 1 rings (SSSR count). The second-order valence-electron chi connectivity index (χ2n) is 3.76. The van der Waals surface area contributed by atoms with Crippen LogP contribution >= 0.6 is 8.22 Å². The molecule has 17 heavy (non-hydrogen) atoms. The van der Waals surface area contributed by atoms with Gasteiger partial charge in [0, 0.05) is 32.4 Å². The van der Waals surface area contributed by atoms with Gasteiger partial charge in [-0.15, -0.1) is 0 Å². The van der Waals surface area contributed by atoms with Crippen molar-refractivity contribution in [2.24, 2.45) is 0 Å². The Morgan fingerprint density at radius 2 is 1.47 bits per heavy atom. The zero-order valence-electron chi connectivity index (χ0n) is 11.4. The van der Waals surface area contributed by atoms with Crippen LogP contribution in [-0.2, 0) is 0 Å². The van der Waals surface area contributed by atoms with Crippen molar-refractivity contribution in [3.8, 4) is 0 Å². The number of rotatable bonds is 7. The van der Waals surface area contributed by atoms with E-state index < -0.39 is 8.22 Å². The quantitative estimate of drug-likeness (QED) is 0.696. The second kappa shape index (κ2) is 7.75. The van der Waals surface area contributed by atoms with Gasteiger partial charge in [-0.25, -0.2) is 0 Å². The van der Waals surface area contributed by atoms with Crippen LogP contribution in [0.15, 0.2) is 24.4 Å². The molecule has 1 heterocycles. The number of hydrogen-bond donors (Lipinski definition) is 0. The number of nitrogens with zero attached hydrogens (tertiary/aromatic N) is 3. The van der Waals surface area contributed by atoms with Crippen LogP contribution in [0.4, 0.5) is 0 Å². The summed E-state index contributed by atoms with van der Waals surface area (Å²) in [6.07, 6.45) is 1.90. The zero-order valence-corrected chi connectivity index (χ0v) is 12.3. The Kier molecular flexibility index (Phi) is 6.64. The van der Waals surface area contributed by atoms with Gasteiger partial charge in [-0.2, -0.15) is 0 Å². The third kappa shape index (κ3) is 3.74. The fraction of sp³-hybridized carbons (Fsp3) is 0.615. The smallest absolute Gasteiger partial charge is 0.0937 e. The minimum Gasteiger partial charge on any atom is -0.266 e. The zero-order chi connectivity index (χ0) is 12.7. The molecule has 0 atom stereocenters. The molecule has 0 amide bonds.